The first-order chi connectivity index (χ1) is 13.1. The Labute approximate surface area is 183 Å². The van der Waals surface area contributed by atoms with Crippen LogP contribution in [0.2, 0.25) is 19.6 Å². The Kier molecular flexibility index (Phi) is 5.29. The quantitative estimate of drug-likeness (QED) is 0.227. The summed E-state index contributed by atoms with van der Waals surface area (Å²) >= 11 is 3.23. The number of benzene rings is 2. The fourth-order valence-corrected chi connectivity index (χ4v) is 19.2. The van der Waals surface area contributed by atoms with Crippen LogP contribution in [0.4, 0.5) is 38.9 Å². The maximum absolute atomic E-state index is 13.3. The molecule has 0 atom stereocenters. The first-order valence-corrected chi connectivity index (χ1v) is 19.6. The zero-order valence-corrected chi connectivity index (χ0v) is 21.2. The van der Waals surface area contributed by atoms with Crippen molar-refractivity contribution >= 4 is 51.8 Å². The van der Waals surface area contributed by atoms with Gasteiger partial charge in [0.2, 0.25) is 0 Å². The molecule has 0 aliphatic heterocycles. The summed E-state index contributed by atoms with van der Waals surface area (Å²) in [5, 5.41) is 0.0214. The highest BCUT2D eigenvalue weighted by Gasteiger charge is 2.66. The van der Waals surface area contributed by atoms with E-state index in [0.717, 1.165) is 24.3 Å². The Morgan fingerprint density at radius 3 is 1.26 bits per heavy atom. The molecule has 0 bridgehead atoms. The summed E-state index contributed by atoms with van der Waals surface area (Å²) in [6.45, 7) is 5.29. The molecule has 0 spiro atoms. The molecular formula is C16H19BrF10S3Si. The second-order valence-electron chi connectivity index (χ2n) is 8.25. The zero-order chi connectivity index (χ0) is 24.5. The van der Waals surface area contributed by atoms with Crippen LogP contribution in [-0.4, -0.2) is 13.5 Å². The standard InChI is InChI=1S/C16H19BrF10S3Si/c1-31(2,3)12-28(17,13-6-4-8-15(10-13)29(18,19,20,21)22)14-7-5-9-16(11-14)30(23,24,25,26)27/h4-11H,12H2,1-3H3. The van der Waals surface area contributed by atoms with Gasteiger partial charge >= 0.3 is 20.4 Å². The van der Waals surface area contributed by atoms with E-state index < -0.39 is 46.8 Å². The molecule has 0 nitrogen and oxygen atoms in total. The summed E-state index contributed by atoms with van der Waals surface area (Å²) in [6, 6.07) is 4.34. The molecule has 2 aromatic rings. The van der Waals surface area contributed by atoms with Crippen molar-refractivity contribution in [2.45, 2.75) is 39.2 Å². The van der Waals surface area contributed by atoms with Gasteiger partial charge in [-0.15, -0.1) is 8.46 Å². The minimum atomic E-state index is -10.1. The van der Waals surface area contributed by atoms with Crippen molar-refractivity contribution in [1.29, 1.82) is 0 Å². The van der Waals surface area contributed by atoms with Crippen LogP contribution in [0.5, 0.6) is 0 Å². The van der Waals surface area contributed by atoms with Crippen LogP contribution in [-0.2, 0) is 0 Å². The molecule has 0 aliphatic rings. The average Bonchev–Trinajstić information content (AvgIpc) is 2.49. The maximum Gasteiger partial charge on any atom is 0.310 e. The van der Waals surface area contributed by atoms with E-state index in [1.807, 2.05) is 0 Å². The van der Waals surface area contributed by atoms with Crippen molar-refractivity contribution in [3.05, 3.63) is 48.5 Å². The van der Waals surface area contributed by atoms with Crippen LogP contribution >= 0.6 is 43.7 Å². The summed E-state index contributed by atoms with van der Waals surface area (Å²) in [5.41, 5.74) is 0. The van der Waals surface area contributed by atoms with E-state index in [-0.39, 0.29) is 39.4 Å². The molecule has 0 aromatic heterocycles. The predicted octanol–water partition coefficient (Wildman–Crippen LogP) is 11.4. The second kappa shape index (κ2) is 6.13. The van der Waals surface area contributed by atoms with Crippen LogP contribution in [0, 0.1) is 0 Å². The molecule has 2 rings (SSSR count). The Bertz CT molecular complexity index is 956. The van der Waals surface area contributed by atoms with Gasteiger partial charge in [0.05, 0.1) is 8.07 Å². The fourth-order valence-electron chi connectivity index (χ4n) is 2.73. The molecule has 15 heteroatoms. The van der Waals surface area contributed by atoms with Crippen LogP contribution in [0.25, 0.3) is 0 Å². The van der Waals surface area contributed by atoms with Crippen LogP contribution < -0.4 is 0 Å². The maximum atomic E-state index is 13.3. The van der Waals surface area contributed by atoms with E-state index in [4.69, 9.17) is 0 Å². The van der Waals surface area contributed by atoms with Gasteiger partial charge in [0, 0.05) is 9.79 Å². The summed E-state index contributed by atoms with van der Waals surface area (Å²) in [5.74, 6) is 0. The van der Waals surface area contributed by atoms with Gasteiger partial charge in [-0.1, -0.05) is 70.6 Å². The van der Waals surface area contributed by atoms with E-state index in [9.17, 15) is 38.9 Å². The number of hydrogen-bond donors (Lipinski definition) is 0. The predicted molar refractivity (Wildman–Crippen MR) is 117 cm³/mol. The lowest BCUT2D eigenvalue weighted by Crippen LogP contribution is -2.28. The molecule has 0 fully saturated rings. The molecular weight excluding hydrogens is 586 g/mol. The van der Waals surface area contributed by atoms with Crippen molar-refractivity contribution in [3.8, 4) is 0 Å². The lowest BCUT2D eigenvalue weighted by molar-refractivity contribution is 0.360. The van der Waals surface area contributed by atoms with Crippen LogP contribution in [0.15, 0.2) is 68.1 Å². The molecule has 0 saturated heterocycles. The Morgan fingerprint density at radius 2 is 1.00 bits per heavy atom. The monoisotopic (exact) mass is 604 g/mol. The van der Waals surface area contributed by atoms with E-state index in [1.54, 1.807) is 19.6 Å². The summed E-state index contributed by atoms with van der Waals surface area (Å²) in [6.07, 6.45) is 0. The molecule has 0 unspecified atom stereocenters. The highest BCUT2D eigenvalue weighted by Crippen LogP contribution is 3.03. The van der Waals surface area contributed by atoms with E-state index in [0.29, 0.717) is 0 Å². The van der Waals surface area contributed by atoms with Gasteiger partial charge in [0.25, 0.3) is 0 Å². The summed E-state index contributed by atoms with van der Waals surface area (Å²) in [4.78, 5) is -5.07. The highest BCUT2D eigenvalue weighted by molar-refractivity contribution is 9.58. The van der Waals surface area contributed by atoms with E-state index >= 15 is 0 Å². The summed E-state index contributed by atoms with van der Waals surface area (Å²) in [7, 11) is -25.4. The number of hydrogen-bond acceptors (Lipinski definition) is 0. The van der Waals surface area contributed by atoms with E-state index in [1.165, 1.54) is 0 Å². The third-order valence-corrected chi connectivity index (χ3v) is 17.5. The van der Waals surface area contributed by atoms with Crippen molar-refractivity contribution in [2.24, 2.45) is 0 Å². The van der Waals surface area contributed by atoms with Gasteiger partial charge in [-0.25, -0.2) is 0 Å². The summed E-state index contributed by atoms with van der Waals surface area (Å²) < 4.78 is 133. The lowest BCUT2D eigenvalue weighted by atomic mass is 10.4. The third kappa shape index (κ3) is 6.74. The minimum Gasteiger partial charge on any atom is -0.131 e. The van der Waals surface area contributed by atoms with Crippen molar-refractivity contribution in [1.82, 2.24) is 0 Å². The van der Waals surface area contributed by atoms with Gasteiger partial charge in [-0.05, 0) is 56.6 Å². The van der Waals surface area contributed by atoms with Gasteiger partial charge in [-0.3, -0.25) is 0 Å². The number of rotatable bonds is 6. The molecule has 0 amide bonds. The third-order valence-electron chi connectivity index (χ3n) is 3.88. The minimum absolute atomic E-state index is 0.0214. The highest BCUT2D eigenvalue weighted by atomic mass is 79.9. The topological polar surface area (TPSA) is 0 Å². The van der Waals surface area contributed by atoms with Crippen molar-refractivity contribution in [3.63, 3.8) is 0 Å². The first-order valence-electron chi connectivity index (χ1n) is 8.30. The van der Waals surface area contributed by atoms with Gasteiger partial charge in [-0.2, -0.15) is 0 Å². The molecule has 0 radical (unpaired) electrons. The lowest BCUT2D eigenvalue weighted by Gasteiger charge is -2.44. The smallest absolute Gasteiger partial charge is 0.131 e. The molecule has 0 N–H and O–H groups in total. The number of halogens is 11. The SMILES string of the molecule is C[Si](C)(C)CS(Br)(c1cccc(S(F)(F)(F)(F)F)c1)c1cccc(S(F)(F)(F)(F)F)c1. The van der Waals surface area contributed by atoms with Gasteiger partial charge in [0.1, 0.15) is 9.79 Å². The van der Waals surface area contributed by atoms with Crippen LogP contribution in [0.1, 0.15) is 0 Å². The van der Waals surface area contributed by atoms with Gasteiger partial charge < -0.3 is 0 Å². The molecule has 0 heterocycles. The molecule has 31 heavy (non-hydrogen) atoms. The Balaban J connectivity index is 2.84. The first kappa shape index (κ1) is 26.7. The Hall–Kier alpha value is -0.513. The normalized spacial score (nSPS) is 21.1. The molecule has 182 valence electrons. The largest absolute Gasteiger partial charge is 0.310 e. The Morgan fingerprint density at radius 1 is 0.677 bits per heavy atom. The molecule has 0 aliphatic carbocycles. The van der Waals surface area contributed by atoms with E-state index in [2.05, 4.69) is 14.8 Å². The van der Waals surface area contributed by atoms with Crippen LogP contribution in [0.3, 0.4) is 0 Å². The second-order valence-corrected chi connectivity index (χ2v) is 24.9. The van der Waals surface area contributed by atoms with Gasteiger partial charge in [0.15, 0.2) is 0 Å². The molecule has 0 saturated carbocycles. The fraction of sp³-hybridized carbons (Fsp3) is 0.250. The molecule has 2 aromatic carbocycles. The zero-order valence-electron chi connectivity index (χ0n) is 16.2. The van der Waals surface area contributed by atoms with Crippen molar-refractivity contribution in [2.75, 3.05) is 5.38 Å². The van der Waals surface area contributed by atoms with Crippen molar-refractivity contribution < 1.29 is 38.9 Å². The average molecular weight is 605 g/mol.